The Hall–Kier alpha value is -0.940. The van der Waals surface area contributed by atoms with Gasteiger partial charge in [-0.25, -0.2) is 0 Å². The van der Waals surface area contributed by atoms with Crippen molar-refractivity contribution >= 4 is 0 Å². The second-order valence-electron chi connectivity index (χ2n) is 5.44. The fraction of sp³-hybridized carbons (Fsp3) is 0.833. The lowest BCUT2D eigenvalue weighted by Crippen LogP contribution is -2.42. The van der Waals surface area contributed by atoms with Crippen LogP contribution in [-0.2, 0) is 15.8 Å². The normalized spacial score (nSPS) is 31.4. The number of aromatic nitrogens is 2. The summed E-state index contributed by atoms with van der Waals surface area (Å²) in [5, 5.41) is 4.10. The van der Waals surface area contributed by atoms with Crippen molar-refractivity contribution in [3.63, 3.8) is 0 Å². The minimum Gasteiger partial charge on any atom is -0.367 e. The van der Waals surface area contributed by atoms with Gasteiger partial charge in [-0.15, -0.1) is 0 Å². The summed E-state index contributed by atoms with van der Waals surface area (Å²) in [5.74, 6) is 1.39. The van der Waals surface area contributed by atoms with E-state index in [1.165, 1.54) is 6.42 Å². The van der Waals surface area contributed by atoms with Crippen molar-refractivity contribution in [2.24, 2.45) is 5.73 Å². The lowest BCUT2D eigenvalue weighted by Gasteiger charge is -2.37. The first-order chi connectivity index (χ1) is 8.19. The second kappa shape index (κ2) is 3.78. The van der Waals surface area contributed by atoms with Crippen molar-refractivity contribution in [1.82, 2.24) is 10.1 Å². The van der Waals surface area contributed by atoms with Gasteiger partial charge in [0.2, 0.25) is 11.7 Å². The molecule has 1 unspecified atom stereocenters. The van der Waals surface area contributed by atoms with E-state index in [1.807, 2.05) is 6.92 Å². The van der Waals surface area contributed by atoms with E-state index in [1.54, 1.807) is 0 Å². The number of nitrogens with two attached hydrogens (primary N) is 1. The predicted octanol–water partition coefficient (Wildman–Crippen LogP) is 1.48. The fourth-order valence-electron chi connectivity index (χ4n) is 2.72. The lowest BCUT2D eigenvalue weighted by molar-refractivity contribution is 0.00768. The molecular formula is C12H19N3O2. The highest BCUT2D eigenvalue weighted by atomic mass is 16.5. The van der Waals surface area contributed by atoms with Crippen LogP contribution in [-0.4, -0.2) is 23.3 Å². The van der Waals surface area contributed by atoms with Crippen LogP contribution in [0.4, 0.5) is 0 Å². The van der Waals surface area contributed by atoms with Crippen molar-refractivity contribution in [2.45, 2.75) is 50.0 Å². The summed E-state index contributed by atoms with van der Waals surface area (Å²) >= 11 is 0. The minimum atomic E-state index is -0.360. The van der Waals surface area contributed by atoms with Crippen molar-refractivity contribution in [3.8, 4) is 0 Å². The second-order valence-corrected chi connectivity index (χ2v) is 5.44. The molecule has 2 heterocycles. The highest BCUT2D eigenvalue weighted by Crippen LogP contribution is 2.43. The summed E-state index contributed by atoms with van der Waals surface area (Å²) in [6.45, 7) is 3.40. The maximum absolute atomic E-state index is 5.84. The van der Waals surface area contributed by atoms with Crippen molar-refractivity contribution in [1.29, 1.82) is 0 Å². The summed E-state index contributed by atoms with van der Waals surface area (Å²) < 4.78 is 11.1. The molecule has 1 aromatic heterocycles. The minimum absolute atomic E-state index is 0.0553. The molecule has 5 nitrogen and oxygen atoms in total. The van der Waals surface area contributed by atoms with Crippen LogP contribution >= 0.6 is 0 Å². The highest BCUT2D eigenvalue weighted by Gasteiger charge is 2.44. The van der Waals surface area contributed by atoms with E-state index in [2.05, 4.69) is 10.1 Å². The van der Waals surface area contributed by atoms with Gasteiger partial charge in [0, 0.05) is 13.2 Å². The molecule has 2 aliphatic rings. The Morgan fingerprint density at radius 3 is 2.65 bits per heavy atom. The third-order valence-electron chi connectivity index (χ3n) is 4.27. The van der Waals surface area contributed by atoms with Crippen molar-refractivity contribution < 1.29 is 9.26 Å². The third kappa shape index (κ3) is 1.60. The van der Waals surface area contributed by atoms with Gasteiger partial charge in [-0.3, -0.25) is 0 Å². The van der Waals surface area contributed by atoms with Crippen LogP contribution in [0.15, 0.2) is 4.52 Å². The van der Waals surface area contributed by atoms with E-state index in [4.69, 9.17) is 15.0 Å². The van der Waals surface area contributed by atoms with E-state index in [-0.39, 0.29) is 11.0 Å². The molecule has 1 aliphatic carbocycles. The number of hydrogen-bond acceptors (Lipinski definition) is 5. The van der Waals surface area contributed by atoms with Gasteiger partial charge in [0.15, 0.2) is 0 Å². The first kappa shape index (κ1) is 11.2. The smallest absolute Gasteiger partial charge is 0.234 e. The Balaban J connectivity index is 1.87. The number of nitrogens with zero attached hydrogens (tertiary/aromatic N) is 2. The SMILES string of the molecule is CC1(c2noc(C3(CN)CCC3)n2)CCCO1. The number of ether oxygens (including phenoxy) is 1. The van der Waals surface area contributed by atoms with Gasteiger partial charge in [0.1, 0.15) is 5.60 Å². The Kier molecular flexibility index (Phi) is 2.48. The fourth-order valence-corrected chi connectivity index (χ4v) is 2.72. The van der Waals surface area contributed by atoms with E-state index >= 15 is 0 Å². The van der Waals surface area contributed by atoms with Crippen LogP contribution < -0.4 is 5.73 Å². The Morgan fingerprint density at radius 2 is 2.12 bits per heavy atom. The number of hydrogen-bond donors (Lipinski definition) is 1. The standard InChI is InChI=1S/C12H19N3O2/c1-11(4-3-7-16-11)9-14-10(17-15-9)12(8-13)5-2-6-12/h2-8,13H2,1H3. The van der Waals surface area contributed by atoms with Crippen LogP contribution in [0.3, 0.4) is 0 Å². The molecule has 0 aromatic carbocycles. The molecule has 1 aromatic rings. The monoisotopic (exact) mass is 237 g/mol. The zero-order valence-corrected chi connectivity index (χ0v) is 10.2. The summed E-state index contributed by atoms with van der Waals surface area (Å²) in [6.07, 6.45) is 5.33. The maximum Gasteiger partial charge on any atom is 0.234 e. The quantitative estimate of drug-likeness (QED) is 0.861. The molecule has 1 saturated carbocycles. The molecule has 94 valence electrons. The molecule has 0 radical (unpaired) electrons. The topological polar surface area (TPSA) is 74.2 Å². The summed E-state index contributed by atoms with van der Waals surface area (Å²) in [4.78, 5) is 4.55. The van der Waals surface area contributed by atoms with Crippen LogP contribution in [0, 0.1) is 0 Å². The van der Waals surface area contributed by atoms with Gasteiger partial charge in [0.05, 0.1) is 5.41 Å². The predicted molar refractivity (Wildman–Crippen MR) is 61.4 cm³/mol. The molecule has 1 aliphatic heterocycles. The summed E-state index contributed by atoms with van der Waals surface area (Å²) in [5.41, 5.74) is 5.42. The van der Waals surface area contributed by atoms with E-state index in [0.29, 0.717) is 18.3 Å². The van der Waals surface area contributed by atoms with Gasteiger partial charge in [-0.1, -0.05) is 11.6 Å². The molecule has 2 fully saturated rings. The Bertz CT molecular complexity index is 384. The van der Waals surface area contributed by atoms with E-state index in [0.717, 1.165) is 32.3 Å². The van der Waals surface area contributed by atoms with Gasteiger partial charge < -0.3 is 15.0 Å². The average Bonchev–Trinajstić information content (AvgIpc) is 2.87. The summed E-state index contributed by atoms with van der Waals surface area (Å²) in [6, 6.07) is 0. The third-order valence-corrected chi connectivity index (χ3v) is 4.27. The molecule has 17 heavy (non-hydrogen) atoms. The van der Waals surface area contributed by atoms with Crippen LogP contribution in [0.5, 0.6) is 0 Å². The highest BCUT2D eigenvalue weighted by molar-refractivity contribution is 5.13. The molecule has 5 heteroatoms. The average molecular weight is 237 g/mol. The van der Waals surface area contributed by atoms with Crippen LogP contribution in [0.25, 0.3) is 0 Å². The van der Waals surface area contributed by atoms with E-state index < -0.39 is 0 Å². The molecule has 1 atom stereocenters. The van der Waals surface area contributed by atoms with E-state index in [9.17, 15) is 0 Å². The van der Waals surface area contributed by atoms with Crippen molar-refractivity contribution in [2.75, 3.05) is 13.2 Å². The first-order valence-corrected chi connectivity index (χ1v) is 6.37. The summed E-state index contributed by atoms with van der Waals surface area (Å²) in [7, 11) is 0. The Labute approximate surface area is 101 Å². The molecule has 0 spiro atoms. The zero-order valence-electron chi connectivity index (χ0n) is 10.2. The molecular weight excluding hydrogens is 218 g/mol. The first-order valence-electron chi connectivity index (χ1n) is 6.37. The molecule has 1 saturated heterocycles. The molecule has 2 N–H and O–H groups in total. The molecule has 0 bridgehead atoms. The van der Waals surface area contributed by atoms with Gasteiger partial charge in [-0.2, -0.15) is 4.98 Å². The Morgan fingerprint density at radius 1 is 1.29 bits per heavy atom. The zero-order chi connectivity index (χ0) is 11.9. The van der Waals surface area contributed by atoms with Gasteiger partial charge >= 0.3 is 0 Å². The van der Waals surface area contributed by atoms with Crippen LogP contribution in [0.1, 0.15) is 50.7 Å². The van der Waals surface area contributed by atoms with Crippen LogP contribution in [0.2, 0.25) is 0 Å². The van der Waals surface area contributed by atoms with Crippen molar-refractivity contribution in [3.05, 3.63) is 11.7 Å². The molecule has 0 amide bonds. The largest absolute Gasteiger partial charge is 0.367 e. The molecule has 3 rings (SSSR count). The van der Waals surface area contributed by atoms with Gasteiger partial charge in [-0.05, 0) is 32.6 Å². The lowest BCUT2D eigenvalue weighted by atomic mass is 9.69. The van der Waals surface area contributed by atoms with Gasteiger partial charge in [0.25, 0.3) is 0 Å². The maximum atomic E-state index is 5.84. The number of rotatable bonds is 3.